The van der Waals surface area contributed by atoms with Gasteiger partial charge in [-0.05, 0) is 24.3 Å². The van der Waals surface area contributed by atoms with Crippen LogP contribution in [0.5, 0.6) is 5.75 Å². The summed E-state index contributed by atoms with van der Waals surface area (Å²) in [5.41, 5.74) is 1.55. The summed E-state index contributed by atoms with van der Waals surface area (Å²) in [6.07, 6.45) is 1.52. The molecule has 0 radical (unpaired) electrons. The molecule has 0 aliphatic carbocycles. The molecule has 1 aromatic heterocycles. The zero-order valence-corrected chi connectivity index (χ0v) is 13.9. The minimum atomic E-state index is -0.327. The summed E-state index contributed by atoms with van der Waals surface area (Å²) in [5, 5.41) is 3.97. The molecule has 2 aromatic carbocycles. The number of hydrogen-bond acceptors (Lipinski definition) is 3. The first kappa shape index (κ1) is 16.1. The summed E-state index contributed by atoms with van der Waals surface area (Å²) in [7, 11) is 1.54. The van der Waals surface area contributed by atoms with Gasteiger partial charge in [0.1, 0.15) is 5.75 Å². The van der Waals surface area contributed by atoms with Crippen molar-refractivity contribution in [2.75, 3.05) is 12.4 Å². The zero-order chi connectivity index (χ0) is 17.3. The quantitative estimate of drug-likeness (QED) is 0.775. The predicted molar refractivity (Wildman–Crippen MR) is 94.2 cm³/mol. The van der Waals surface area contributed by atoms with Crippen molar-refractivity contribution in [1.82, 2.24) is 4.57 Å². The molecule has 0 saturated heterocycles. The molecule has 6 heteroatoms. The Hall–Kier alpha value is -2.79. The highest BCUT2D eigenvalue weighted by molar-refractivity contribution is 6.31. The number of amides is 1. The number of benzene rings is 2. The van der Waals surface area contributed by atoms with Crippen LogP contribution in [-0.2, 0) is 0 Å². The standard InChI is InChI=1S/C18H15ClN2O3/c1-11(22)21-10-14(13-8-7-12(19)9-16(13)21)18(23)20-15-5-3-4-6-17(15)24-2/h3-10H,1-2H3,(H,20,23). The normalized spacial score (nSPS) is 10.6. The lowest BCUT2D eigenvalue weighted by molar-refractivity contribution is 0.0941. The summed E-state index contributed by atoms with van der Waals surface area (Å²) in [5.74, 6) is 0.0367. The summed E-state index contributed by atoms with van der Waals surface area (Å²) in [4.78, 5) is 24.5. The molecule has 0 aliphatic heterocycles. The maximum Gasteiger partial charge on any atom is 0.257 e. The Labute approximate surface area is 143 Å². The van der Waals surface area contributed by atoms with Crippen molar-refractivity contribution in [2.45, 2.75) is 6.92 Å². The Balaban J connectivity index is 2.06. The highest BCUT2D eigenvalue weighted by Crippen LogP contribution is 2.28. The fourth-order valence-corrected chi connectivity index (χ4v) is 2.75. The number of anilines is 1. The van der Waals surface area contributed by atoms with Gasteiger partial charge in [-0.3, -0.25) is 14.2 Å². The third kappa shape index (κ3) is 2.86. The Bertz CT molecular complexity index is 947. The predicted octanol–water partition coefficient (Wildman–Crippen LogP) is 4.22. The lowest BCUT2D eigenvalue weighted by Crippen LogP contribution is -2.12. The second-order valence-electron chi connectivity index (χ2n) is 5.25. The fourth-order valence-electron chi connectivity index (χ4n) is 2.58. The summed E-state index contributed by atoms with van der Waals surface area (Å²) < 4.78 is 6.65. The van der Waals surface area contributed by atoms with Crippen LogP contribution < -0.4 is 10.1 Å². The van der Waals surface area contributed by atoms with E-state index < -0.39 is 0 Å². The Kier molecular flexibility index (Phi) is 4.27. The smallest absolute Gasteiger partial charge is 0.257 e. The summed E-state index contributed by atoms with van der Waals surface area (Å²) in [6, 6.07) is 12.2. The van der Waals surface area contributed by atoms with Gasteiger partial charge in [0.25, 0.3) is 5.91 Å². The average Bonchev–Trinajstić information content (AvgIpc) is 2.94. The third-order valence-corrected chi connectivity index (χ3v) is 3.94. The van der Waals surface area contributed by atoms with Crippen LogP contribution >= 0.6 is 11.6 Å². The van der Waals surface area contributed by atoms with E-state index in [4.69, 9.17) is 16.3 Å². The maximum atomic E-state index is 12.7. The molecule has 0 atom stereocenters. The van der Waals surface area contributed by atoms with E-state index in [2.05, 4.69) is 5.32 Å². The Morgan fingerprint density at radius 2 is 1.92 bits per heavy atom. The molecule has 122 valence electrons. The van der Waals surface area contributed by atoms with E-state index in [0.717, 1.165) is 0 Å². The van der Waals surface area contributed by atoms with Crippen LogP contribution in [0.15, 0.2) is 48.7 Å². The van der Waals surface area contributed by atoms with Gasteiger partial charge in [-0.2, -0.15) is 0 Å². The van der Waals surface area contributed by atoms with Gasteiger partial charge in [-0.25, -0.2) is 0 Å². The van der Waals surface area contributed by atoms with Crippen molar-refractivity contribution < 1.29 is 14.3 Å². The SMILES string of the molecule is COc1ccccc1NC(=O)c1cn(C(C)=O)c2cc(Cl)ccc12. The van der Waals surface area contributed by atoms with E-state index in [0.29, 0.717) is 32.9 Å². The van der Waals surface area contributed by atoms with Crippen LogP contribution in [-0.4, -0.2) is 23.5 Å². The Morgan fingerprint density at radius 1 is 1.17 bits per heavy atom. The van der Waals surface area contributed by atoms with Gasteiger partial charge < -0.3 is 10.1 Å². The van der Waals surface area contributed by atoms with Crippen LogP contribution in [0, 0.1) is 0 Å². The maximum absolute atomic E-state index is 12.7. The highest BCUT2D eigenvalue weighted by atomic mass is 35.5. The molecule has 0 bridgehead atoms. The molecule has 0 aliphatic rings. The topological polar surface area (TPSA) is 60.3 Å². The number of para-hydroxylation sites is 2. The van der Waals surface area contributed by atoms with E-state index in [1.807, 2.05) is 6.07 Å². The van der Waals surface area contributed by atoms with Gasteiger partial charge in [0, 0.05) is 23.5 Å². The minimum Gasteiger partial charge on any atom is -0.495 e. The zero-order valence-electron chi connectivity index (χ0n) is 13.2. The van der Waals surface area contributed by atoms with Crippen LogP contribution in [0.1, 0.15) is 22.1 Å². The number of hydrogen-bond donors (Lipinski definition) is 1. The molecule has 0 saturated carbocycles. The van der Waals surface area contributed by atoms with Crippen molar-refractivity contribution in [3.05, 3.63) is 59.2 Å². The van der Waals surface area contributed by atoms with Crippen molar-refractivity contribution in [2.24, 2.45) is 0 Å². The number of nitrogens with zero attached hydrogens (tertiary/aromatic N) is 1. The highest BCUT2D eigenvalue weighted by Gasteiger charge is 2.18. The molecule has 3 rings (SSSR count). The second kappa shape index (κ2) is 6.37. The largest absolute Gasteiger partial charge is 0.495 e. The number of nitrogens with one attached hydrogen (secondary N) is 1. The number of aromatic nitrogens is 1. The first-order chi connectivity index (χ1) is 11.5. The van der Waals surface area contributed by atoms with Crippen LogP contribution in [0.25, 0.3) is 10.9 Å². The third-order valence-electron chi connectivity index (χ3n) is 3.71. The number of rotatable bonds is 3. The Morgan fingerprint density at radius 3 is 2.62 bits per heavy atom. The molecule has 0 unspecified atom stereocenters. The number of fused-ring (bicyclic) bond motifs is 1. The van der Waals surface area contributed by atoms with Gasteiger partial charge in [0.2, 0.25) is 5.91 Å². The summed E-state index contributed by atoms with van der Waals surface area (Å²) >= 11 is 6.01. The van der Waals surface area contributed by atoms with E-state index >= 15 is 0 Å². The minimum absolute atomic E-state index is 0.196. The van der Waals surface area contributed by atoms with E-state index in [-0.39, 0.29) is 11.8 Å². The fraction of sp³-hybridized carbons (Fsp3) is 0.111. The van der Waals surface area contributed by atoms with Crippen LogP contribution in [0.4, 0.5) is 5.69 Å². The van der Waals surface area contributed by atoms with Gasteiger partial charge in [0.05, 0.1) is 23.9 Å². The molecule has 1 N–H and O–H groups in total. The molecule has 1 heterocycles. The van der Waals surface area contributed by atoms with Crippen LogP contribution in [0.3, 0.4) is 0 Å². The number of carbonyl (C=O) groups is 2. The van der Waals surface area contributed by atoms with Gasteiger partial charge >= 0.3 is 0 Å². The molecule has 5 nitrogen and oxygen atoms in total. The number of carbonyl (C=O) groups excluding carboxylic acids is 2. The first-order valence-electron chi connectivity index (χ1n) is 7.27. The monoisotopic (exact) mass is 342 g/mol. The number of ether oxygens (including phenoxy) is 1. The molecular weight excluding hydrogens is 328 g/mol. The van der Waals surface area contributed by atoms with E-state index in [1.165, 1.54) is 24.8 Å². The van der Waals surface area contributed by atoms with Crippen molar-refractivity contribution >= 4 is 40.0 Å². The second-order valence-corrected chi connectivity index (χ2v) is 5.68. The lowest BCUT2D eigenvalue weighted by atomic mass is 10.1. The first-order valence-corrected chi connectivity index (χ1v) is 7.65. The molecule has 24 heavy (non-hydrogen) atoms. The number of methoxy groups -OCH3 is 1. The van der Waals surface area contributed by atoms with Gasteiger partial charge in [-0.15, -0.1) is 0 Å². The van der Waals surface area contributed by atoms with Gasteiger partial charge in [0.15, 0.2) is 0 Å². The van der Waals surface area contributed by atoms with Crippen molar-refractivity contribution in [3.8, 4) is 5.75 Å². The molecular formula is C18H15ClN2O3. The molecule has 3 aromatic rings. The molecule has 0 fully saturated rings. The van der Waals surface area contributed by atoms with Crippen molar-refractivity contribution in [3.63, 3.8) is 0 Å². The summed E-state index contributed by atoms with van der Waals surface area (Å²) in [6.45, 7) is 1.43. The van der Waals surface area contributed by atoms with Crippen LogP contribution in [0.2, 0.25) is 5.02 Å². The van der Waals surface area contributed by atoms with E-state index in [1.54, 1.807) is 36.4 Å². The molecule has 0 spiro atoms. The average molecular weight is 343 g/mol. The van der Waals surface area contributed by atoms with Crippen molar-refractivity contribution in [1.29, 1.82) is 0 Å². The molecule has 1 amide bonds. The van der Waals surface area contributed by atoms with Gasteiger partial charge in [-0.1, -0.05) is 29.8 Å². The number of halogens is 1. The van der Waals surface area contributed by atoms with E-state index in [9.17, 15) is 9.59 Å². The lowest BCUT2D eigenvalue weighted by Gasteiger charge is -2.09.